The zero-order chi connectivity index (χ0) is 13.7. The number of aryl methyl sites for hydroxylation is 1. The maximum absolute atomic E-state index is 5.26. The monoisotopic (exact) mass is 276 g/mol. The zero-order valence-corrected chi connectivity index (χ0v) is 12.5. The van der Waals surface area contributed by atoms with Crippen LogP contribution >= 0.6 is 11.3 Å². The molecule has 1 N–H and O–H groups in total. The van der Waals surface area contributed by atoms with Gasteiger partial charge in [-0.3, -0.25) is 0 Å². The summed E-state index contributed by atoms with van der Waals surface area (Å²) in [4.78, 5) is 7.01. The van der Waals surface area contributed by atoms with E-state index >= 15 is 0 Å². The third kappa shape index (κ3) is 3.55. The minimum absolute atomic E-state index is 0.343. The molecule has 0 aliphatic heterocycles. The predicted octanol–water partition coefficient (Wildman–Crippen LogP) is 3.56. The first-order chi connectivity index (χ1) is 9.24. The minimum Gasteiger partial charge on any atom is -0.481 e. The van der Waals surface area contributed by atoms with Crippen LogP contribution in [-0.4, -0.2) is 12.1 Å². The number of nitrogens with zero attached hydrogens (tertiary/aromatic N) is 1. The number of hydrogen-bond acceptors (Lipinski definition) is 4. The van der Waals surface area contributed by atoms with E-state index in [4.69, 9.17) is 4.74 Å². The molecule has 1 atom stereocenters. The van der Waals surface area contributed by atoms with Crippen LogP contribution in [0.15, 0.2) is 30.5 Å². The van der Waals surface area contributed by atoms with Gasteiger partial charge in [0.1, 0.15) is 0 Å². The van der Waals surface area contributed by atoms with Gasteiger partial charge in [0, 0.05) is 34.1 Å². The van der Waals surface area contributed by atoms with Crippen LogP contribution in [0.25, 0.3) is 0 Å². The van der Waals surface area contributed by atoms with Crippen LogP contribution in [-0.2, 0) is 13.0 Å². The lowest BCUT2D eigenvalue weighted by atomic mass is 10.2. The maximum atomic E-state index is 5.26. The van der Waals surface area contributed by atoms with Crippen molar-refractivity contribution in [1.82, 2.24) is 10.3 Å². The molecule has 0 amide bonds. The van der Waals surface area contributed by atoms with Gasteiger partial charge >= 0.3 is 0 Å². The van der Waals surface area contributed by atoms with E-state index in [2.05, 4.69) is 36.3 Å². The molecule has 102 valence electrons. The van der Waals surface area contributed by atoms with E-state index in [1.165, 1.54) is 9.75 Å². The lowest BCUT2D eigenvalue weighted by Gasteiger charge is -2.13. The minimum atomic E-state index is 0.343. The van der Waals surface area contributed by atoms with Crippen molar-refractivity contribution in [3.8, 4) is 5.88 Å². The van der Waals surface area contributed by atoms with Crippen molar-refractivity contribution in [3.63, 3.8) is 0 Å². The van der Waals surface area contributed by atoms with Gasteiger partial charge in [-0.15, -0.1) is 11.3 Å². The smallest absolute Gasteiger partial charge is 0.217 e. The van der Waals surface area contributed by atoms with Gasteiger partial charge in [-0.05, 0) is 31.5 Å². The van der Waals surface area contributed by atoms with E-state index in [1.54, 1.807) is 13.3 Å². The van der Waals surface area contributed by atoms with Crippen LogP contribution in [0, 0.1) is 0 Å². The summed E-state index contributed by atoms with van der Waals surface area (Å²) in [6.45, 7) is 5.14. The summed E-state index contributed by atoms with van der Waals surface area (Å²) >= 11 is 1.88. The van der Waals surface area contributed by atoms with E-state index in [1.807, 2.05) is 23.5 Å². The summed E-state index contributed by atoms with van der Waals surface area (Å²) in [5, 5.41) is 3.52. The molecule has 0 aliphatic rings. The van der Waals surface area contributed by atoms with Crippen LogP contribution in [0.3, 0.4) is 0 Å². The second-order valence-corrected chi connectivity index (χ2v) is 5.63. The fourth-order valence-electron chi connectivity index (χ4n) is 1.92. The Morgan fingerprint density at radius 1 is 1.37 bits per heavy atom. The fraction of sp³-hybridized carbons (Fsp3) is 0.400. The molecule has 0 spiro atoms. The average Bonchev–Trinajstić information content (AvgIpc) is 2.94. The number of nitrogens with one attached hydrogen (secondary N) is 1. The van der Waals surface area contributed by atoms with Crippen molar-refractivity contribution in [3.05, 3.63) is 45.8 Å². The van der Waals surface area contributed by atoms with Gasteiger partial charge in [0.2, 0.25) is 5.88 Å². The van der Waals surface area contributed by atoms with Crippen molar-refractivity contribution in [1.29, 1.82) is 0 Å². The highest BCUT2D eigenvalue weighted by Gasteiger charge is 2.09. The van der Waals surface area contributed by atoms with Crippen molar-refractivity contribution in [2.24, 2.45) is 0 Å². The molecule has 19 heavy (non-hydrogen) atoms. The molecule has 1 unspecified atom stereocenters. The highest BCUT2D eigenvalue weighted by atomic mass is 32.1. The number of methoxy groups -OCH3 is 1. The first kappa shape index (κ1) is 14.0. The summed E-state index contributed by atoms with van der Waals surface area (Å²) in [5.74, 6) is 0.697. The normalized spacial score (nSPS) is 12.4. The van der Waals surface area contributed by atoms with Gasteiger partial charge in [-0.2, -0.15) is 0 Å². The molecule has 0 radical (unpaired) electrons. The van der Waals surface area contributed by atoms with Crippen molar-refractivity contribution in [2.75, 3.05) is 7.11 Å². The molecule has 0 saturated carbocycles. The maximum Gasteiger partial charge on any atom is 0.217 e. The van der Waals surface area contributed by atoms with E-state index in [9.17, 15) is 0 Å². The molecule has 0 aromatic carbocycles. The van der Waals surface area contributed by atoms with Crippen molar-refractivity contribution >= 4 is 11.3 Å². The SMILES string of the molecule is CCc1ccc(C(C)NCc2cccnc2OC)s1. The van der Waals surface area contributed by atoms with Gasteiger partial charge in [-0.25, -0.2) is 4.98 Å². The van der Waals surface area contributed by atoms with Crippen LogP contribution in [0.5, 0.6) is 5.88 Å². The molecular formula is C15H20N2OS. The Labute approximate surface area is 118 Å². The second kappa shape index (κ2) is 6.68. The average molecular weight is 276 g/mol. The van der Waals surface area contributed by atoms with E-state index in [0.29, 0.717) is 11.9 Å². The van der Waals surface area contributed by atoms with Crippen LogP contribution < -0.4 is 10.1 Å². The second-order valence-electron chi connectivity index (χ2n) is 4.43. The molecule has 2 aromatic rings. The zero-order valence-electron chi connectivity index (χ0n) is 11.6. The molecule has 2 aromatic heterocycles. The quantitative estimate of drug-likeness (QED) is 0.876. The highest BCUT2D eigenvalue weighted by Crippen LogP contribution is 2.24. The summed E-state index contributed by atoms with van der Waals surface area (Å²) < 4.78 is 5.26. The predicted molar refractivity (Wildman–Crippen MR) is 79.7 cm³/mol. The Morgan fingerprint density at radius 3 is 2.89 bits per heavy atom. The molecule has 0 fully saturated rings. The Balaban J connectivity index is 1.98. The van der Waals surface area contributed by atoms with Gasteiger partial charge in [0.25, 0.3) is 0 Å². The summed E-state index contributed by atoms with van der Waals surface area (Å²) in [6, 6.07) is 8.74. The fourth-order valence-corrected chi connectivity index (χ4v) is 2.90. The highest BCUT2D eigenvalue weighted by molar-refractivity contribution is 7.12. The molecule has 0 aliphatic carbocycles. The number of hydrogen-bond donors (Lipinski definition) is 1. The molecule has 4 heteroatoms. The number of pyridine rings is 1. The number of thiophene rings is 1. The molecule has 2 rings (SSSR count). The third-order valence-corrected chi connectivity index (χ3v) is 4.51. The molecule has 3 nitrogen and oxygen atoms in total. The van der Waals surface area contributed by atoms with Gasteiger partial charge in [-0.1, -0.05) is 13.0 Å². The Kier molecular flexibility index (Phi) is 4.93. The number of aromatic nitrogens is 1. The standard InChI is InChI=1S/C15H20N2OS/c1-4-13-7-8-14(19-13)11(2)17-10-12-6-5-9-16-15(12)18-3/h5-9,11,17H,4,10H2,1-3H3. The van der Waals surface area contributed by atoms with Crippen LogP contribution in [0.2, 0.25) is 0 Å². The Morgan fingerprint density at radius 2 is 2.21 bits per heavy atom. The molecular weight excluding hydrogens is 256 g/mol. The van der Waals surface area contributed by atoms with Crippen molar-refractivity contribution < 1.29 is 4.74 Å². The molecule has 0 saturated heterocycles. The first-order valence-electron chi connectivity index (χ1n) is 6.54. The van der Waals surface area contributed by atoms with E-state index in [-0.39, 0.29) is 0 Å². The van der Waals surface area contributed by atoms with E-state index in [0.717, 1.165) is 18.5 Å². The lowest BCUT2D eigenvalue weighted by molar-refractivity contribution is 0.389. The van der Waals surface area contributed by atoms with Crippen molar-refractivity contribution in [2.45, 2.75) is 32.9 Å². The Hall–Kier alpha value is -1.39. The van der Waals surface area contributed by atoms with Crippen LogP contribution in [0.1, 0.15) is 35.2 Å². The first-order valence-corrected chi connectivity index (χ1v) is 7.36. The Bertz CT molecular complexity index is 524. The summed E-state index contributed by atoms with van der Waals surface area (Å²) in [7, 11) is 1.65. The van der Waals surface area contributed by atoms with Gasteiger partial charge in [0.15, 0.2) is 0 Å². The van der Waals surface area contributed by atoms with Gasteiger partial charge in [0.05, 0.1) is 7.11 Å². The molecule has 2 heterocycles. The lowest BCUT2D eigenvalue weighted by Crippen LogP contribution is -2.17. The largest absolute Gasteiger partial charge is 0.481 e. The number of ether oxygens (including phenoxy) is 1. The topological polar surface area (TPSA) is 34.2 Å². The third-order valence-electron chi connectivity index (χ3n) is 3.10. The van der Waals surface area contributed by atoms with E-state index < -0.39 is 0 Å². The summed E-state index contributed by atoms with van der Waals surface area (Å²) in [6.07, 6.45) is 2.85. The number of rotatable bonds is 6. The van der Waals surface area contributed by atoms with Crippen LogP contribution in [0.4, 0.5) is 0 Å². The molecule has 0 bridgehead atoms. The van der Waals surface area contributed by atoms with Gasteiger partial charge < -0.3 is 10.1 Å². The summed E-state index contributed by atoms with van der Waals surface area (Å²) in [5.41, 5.74) is 1.09.